The molecule has 7 heteroatoms. The summed E-state index contributed by atoms with van der Waals surface area (Å²) < 4.78 is 34.8. The van der Waals surface area contributed by atoms with Crippen LogP contribution in [0.15, 0.2) is 36.5 Å². The molecule has 1 amide bonds. The predicted molar refractivity (Wildman–Crippen MR) is 107 cm³/mol. The first kappa shape index (κ1) is 19.4. The Hall–Kier alpha value is -2.96. The van der Waals surface area contributed by atoms with E-state index in [1.165, 1.54) is 32.1 Å². The Labute approximate surface area is 167 Å². The monoisotopic (exact) mass is 399 g/mol. The molecule has 2 aromatic carbocycles. The molecule has 1 saturated carbocycles. The van der Waals surface area contributed by atoms with E-state index < -0.39 is 17.5 Å². The standard InChI is InChI=1S/C22H23F2N3O2/c1-13-6-8-15(9-7-13)27-12-14-10-19(20(29-2)11-18(14)26-27)25-22(28)16-4-3-5-17(23)21(16)24/h3-5,10-13,15H,6-9H2,1-2H3,(H,25,28)/t13-,15-. The van der Waals surface area contributed by atoms with Gasteiger partial charge in [0.15, 0.2) is 11.6 Å². The fourth-order valence-corrected chi connectivity index (χ4v) is 3.90. The van der Waals surface area contributed by atoms with Gasteiger partial charge in [0.2, 0.25) is 0 Å². The molecule has 1 N–H and O–H groups in total. The van der Waals surface area contributed by atoms with Crippen LogP contribution in [-0.4, -0.2) is 22.8 Å². The molecule has 1 aromatic heterocycles. The van der Waals surface area contributed by atoms with E-state index in [0.29, 0.717) is 17.5 Å². The van der Waals surface area contributed by atoms with E-state index in [4.69, 9.17) is 4.74 Å². The summed E-state index contributed by atoms with van der Waals surface area (Å²) >= 11 is 0. The van der Waals surface area contributed by atoms with E-state index in [-0.39, 0.29) is 5.56 Å². The second-order valence-corrected chi connectivity index (χ2v) is 7.69. The van der Waals surface area contributed by atoms with Crippen molar-refractivity contribution in [2.45, 2.75) is 38.6 Å². The van der Waals surface area contributed by atoms with Gasteiger partial charge >= 0.3 is 0 Å². The van der Waals surface area contributed by atoms with Crippen molar-refractivity contribution in [2.75, 3.05) is 12.4 Å². The van der Waals surface area contributed by atoms with E-state index in [1.54, 1.807) is 12.1 Å². The fourth-order valence-electron chi connectivity index (χ4n) is 3.90. The molecule has 0 bridgehead atoms. The number of hydrogen-bond acceptors (Lipinski definition) is 3. The highest BCUT2D eigenvalue weighted by molar-refractivity contribution is 6.06. The lowest BCUT2D eigenvalue weighted by atomic mass is 9.87. The Morgan fingerprint density at radius 3 is 2.69 bits per heavy atom. The zero-order valence-corrected chi connectivity index (χ0v) is 16.4. The van der Waals surface area contributed by atoms with Crippen LogP contribution < -0.4 is 10.1 Å². The van der Waals surface area contributed by atoms with Gasteiger partial charge in [-0.2, -0.15) is 5.10 Å². The lowest BCUT2D eigenvalue weighted by Crippen LogP contribution is -2.16. The molecule has 29 heavy (non-hydrogen) atoms. The smallest absolute Gasteiger partial charge is 0.258 e. The van der Waals surface area contributed by atoms with Crippen molar-refractivity contribution in [1.82, 2.24) is 9.78 Å². The van der Waals surface area contributed by atoms with Gasteiger partial charge in [0.05, 0.1) is 29.9 Å². The molecule has 0 spiro atoms. The van der Waals surface area contributed by atoms with Crippen molar-refractivity contribution in [1.29, 1.82) is 0 Å². The Balaban J connectivity index is 1.63. The van der Waals surface area contributed by atoms with Crippen LogP contribution in [0.4, 0.5) is 14.5 Å². The van der Waals surface area contributed by atoms with Crippen molar-refractivity contribution in [2.24, 2.45) is 5.92 Å². The minimum Gasteiger partial charge on any atom is -0.494 e. The molecular formula is C22H23F2N3O2. The number of carbonyl (C=O) groups excluding carboxylic acids is 1. The van der Waals surface area contributed by atoms with Gasteiger partial charge in [-0.25, -0.2) is 8.78 Å². The molecule has 5 nitrogen and oxygen atoms in total. The zero-order chi connectivity index (χ0) is 20.5. The number of benzene rings is 2. The Morgan fingerprint density at radius 2 is 1.97 bits per heavy atom. The summed E-state index contributed by atoms with van der Waals surface area (Å²) in [5.41, 5.74) is 0.778. The molecule has 0 atom stereocenters. The van der Waals surface area contributed by atoms with Crippen LogP contribution in [0.2, 0.25) is 0 Å². The lowest BCUT2D eigenvalue weighted by Gasteiger charge is -2.26. The highest BCUT2D eigenvalue weighted by Crippen LogP contribution is 2.35. The Kier molecular flexibility index (Phi) is 5.22. The molecule has 1 aliphatic carbocycles. The molecule has 0 radical (unpaired) electrons. The summed E-state index contributed by atoms with van der Waals surface area (Å²) in [6.45, 7) is 2.27. The van der Waals surface area contributed by atoms with Crippen molar-refractivity contribution in [3.63, 3.8) is 0 Å². The molecule has 1 aliphatic rings. The van der Waals surface area contributed by atoms with Crippen LogP contribution in [0, 0.1) is 17.6 Å². The molecule has 0 saturated heterocycles. The summed E-state index contributed by atoms with van der Waals surface area (Å²) in [5, 5.41) is 8.16. The van der Waals surface area contributed by atoms with E-state index in [2.05, 4.69) is 17.3 Å². The van der Waals surface area contributed by atoms with Gasteiger partial charge in [0.1, 0.15) is 5.75 Å². The first-order valence-corrected chi connectivity index (χ1v) is 9.78. The molecule has 0 aliphatic heterocycles. The van der Waals surface area contributed by atoms with E-state index in [1.807, 2.05) is 10.9 Å². The SMILES string of the molecule is COc1cc2nn([C@H]3CC[C@H](C)CC3)cc2cc1NC(=O)c1cccc(F)c1F. The first-order valence-electron chi connectivity index (χ1n) is 9.78. The number of hydrogen-bond donors (Lipinski definition) is 1. The number of anilines is 1. The molecular weight excluding hydrogens is 376 g/mol. The topological polar surface area (TPSA) is 56.1 Å². The summed E-state index contributed by atoms with van der Waals surface area (Å²) in [6, 6.07) is 7.36. The normalized spacial score (nSPS) is 19.3. The minimum atomic E-state index is -1.18. The highest BCUT2D eigenvalue weighted by atomic mass is 19.2. The van der Waals surface area contributed by atoms with E-state index in [9.17, 15) is 13.6 Å². The average molecular weight is 399 g/mol. The van der Waals surface area contributed by atoms with Gasteiger partial charge in [-0.05, 0) is 49.8 Å². The second kappa shape index (κ2) is 7.81. The Bertz CT molecular complexity index is 1060. The quantitative estimate of drug-likeness (QED) is 0.645. The van der Waals surface area contributed by atoms with Gasteiger partial charge < -0.3 is 10.1 Å². The van der Waals surface area contributed by atoms with Crippen LogP contribution >= 0.6 is 0 Å². The number of rotatable bonds is 4. The number of fused-ring (bicyclic) bond motifs is 1. The van der Waals surface area contributed by atoms with E-state index >= 15 is 0 Å². The second-order valence-electron chi connectivity index (χ2n) is 7.69. The summed E-state index contributed by atoms with van der Waals surface area (Å²) in [5.74, 6) is -1.83. The number of amides is 1. The number of aromatic nitrogens is 2. The zero-order valence-electron chi connectivity index (χ0n) is 16.4. The minimum absolute atomic E-state index is 0.362. The maximum atomic E-state index is 13.9. The molecule has 3 aromatic rings. The van der Waals surface area contributed by atoms with Crippen LogP contribution in [0.5, 0.6) is 5.75 Å². The maximum Gasteiger partial charge on any atom is 0.258 e. The number of halogens is 2. The fraction of sp³-hybridized carbons (Fsp3) is 0.364. The largest absolute Gasteiger partial charge is 0.494 e. The number of nitrogens with zero attached hydrogens (tertiary/aromatic N) is 2. The van der Waals surface area contributed by atoms with Gasteiger partial charge in [-0.1, -0.05) is 13.0 Å². The predicted octanol–water partition coefficient (Wildman–Crippen LogP) is 5.33. The molecule has 1 heterocycles. The van der Waals surface area contributed by atoms with Crippen molar-refractivity contribution in [3.05, 3.63) is 53.7 Å². The van der Waals surface area contributed by atoms with Crippen LogP contribution in [0.3, 0.4) is 0 Å². The Morgan fingerprint density at radius 1 is 1.21 bits per heavy atom. The van der Waals surface area contributed by atoms with Gasteiger partial charge in [-0.3, -0.25) is 9.48 Å². The lowest BCUT2D eigenvalue weighted by molar-refractivity contribution is 0.102. The third-order valence-corrected chi connectivity index (χ3v) is 5.65. The maximum absolute atomic E-state index is 13.9. The number of methoxy groups -OCH3 is 1. The van der Waals surface area contributed by atoms with Crippen molar-refractivity contribution in [3.8, 4) is 5.75 Å². The third kappa shape index (κ3) is 3.81. The van der Waals surface area contributed by atoms with Crippen LogP contribution in [0.1, 0.15) is 49.0 Å². The summed E-state index contributed by atoms with van der Waals surface area (Å²) in [4.78, 5) is 12.5. The molecule has 0 unspecified atom stereocenters. The number of nitrogens with one attached hydrogen (secondary N) is 1. The summed E-state index contributed by atoms with van der Waals surface area (Å²) in [7, 11) is 1.49. The van der Waals surface area contributed by atoms with Gasteiger partial charge in [-0.15, -0.1) is 0 Å². The van der Waals surface area contributed by atoms with Crippen LogP contribution in [-0.2, 0) is 0 Å². The highest BCUT2D eigenvalue weighted by Gasteiger charge is 2.22. The number of carbonyl (C=O) groups is 1. The molecule has 152 valence electrons. The van der Waals surface area contributed by atoms with Crippen molar-refractivity contribution >= 4 is 22.5 Å². The first-order chi connectivity index (χ1) is 14.0. The van der Waals surface area contributed by atoms with Crippen LogP contribution in [0.25, 0.3) is 10.9 Å². The van der Waals surface area contributed by atoms with Gasteiger partial charge in [0.25, 0.3) is 5.91 Å². The van der Waals surface area contributed by atoms with Crippen molar-refractivity contribution < 1.29 is 18.3 Å². The molecule has 1 fully saturated rings. The average Bonchev–Trinajstić information content (AvgIpc) is 3.12. The van der Waals surface area contributed by atoms with E-state index in [0.717, 1.165) is 35.7 Å². The molecule has 4 rings (SSSR count). The van der Waals surface area contributed by atoms with Gasteiger partial charge in [0, 0.05) is 17.6 Å². The summed E-state index contributed by atoms with van der Waals surface area (Å²) in [6.07, 6.45) is 6.52. The third-order valence-electron chi connectivity index (χ3n) is 5.65. The number of ether oxygens (including phenoxy) is 1.